The maximum Gasteiger partial charge on any atom is 0.341 e. The fourth-order valence-electron chi connectivity index (χ4n) is 3.64. The zero-order chi connectivity index (χ0) is 22.2. The first-order chi connectivity index (χ1) is 14.1. The van der Waals surface area contributed by atoms with Crippen molar-refractivity contribution in [3.63, 3.8) is 0 Å². The molecule has 0 radical (unpaired) electrons. The molecule has 1 spiro atoms. The first kappa shape index (κ1) is 21.6. The third-order valence-corrected chi connectivity index (χ3v) is 5.16. The van der Waals surface area contributed by atoms with Gasteiger partial charge in [0.15, 0.2) is 0 Å². The third kappa shape index (κ3) is 3.28. The van der Waals surface area contributed by atoms with Crippen LogP contribution in [0, 0.1) is 0 Å². The maximum absolute atomic E-state index is 13.5. The molecular weight excluding hydrogens is 456 g/mol. The van der Waals surface area contributed by atoms with Crippen molar-refractivity contribution in [1.29, 1.82) is 0 Å². The second kappa shape index (κ2) is 7.98. The van der Waals surface area contributed by atoms with Gasteiger partial charge in [-0.25, -0.2) is 9.59 Å². The van der Waals surface area contributed by atoms with Gasteiger partial charge in [-0.05, 0) is 39.0 Å². The molecule has 0 bridgehead atoms. The number of ether oxygens (including phenoxy) is 3. The molecule has 0 aromatic heterocycles. The van der Waals surface area contributed by atoms with Gasteiger partial charge in [-0.2, -0.15) is 0 Å². The van der Waals surface area contributed by atoms with Crippen LogP contribution in [0.25, 0.3) is 0 Å². The van der Waals surface area contributed by atoms with E-state index in [1.165, 1.54) is 13.0 Å². The molecule has 3 N–H and O–H groups in total. The summed E-state index contributed by atoms with van der Waals surface area (Å²) in [6.45, 7) is 8.23. The van der Waals surface area contributed by atoms with Crippen LogP contribution in [-0.2, 0) is 34.0 Å². The minimum absolute atomic E-state index is 0.0568. The summed E-state index contributed by atoms with van der Waals surface area (Å²) in [6, 6.07) is 5.02. The number of allylic oxidation sites excluding steroid dienone is 1. The van der Waals surface area contributed by atoms with Crippen LogP contribution in [0.2, 0.25) is 0 Å². The molecule has 9 heteroatoms. The van der Waals surface area contributed by atoms with E-state index >= 15 is 0 Å². The summed E-state index contributed by atoms with van der Waals surface area (Å²) in [6.07, 6.45) is 0.903. The number of carbonyl (C=O) groups is 3. The molecule has 1 amide bonds. The molecule has 2 heterocycles. The minimum Gasteiger partial charge on any atom is -0.459 e. The summed E-state index contributed by atoms with van der Waals surface area (Å²) < 4.78 is 16.7. The van der Waals surface area contributed by atoms with E-state index in [9.17, 15) is 14.4 Å². The largest absolute Gasteiger partial charge is 0.459 e. The van der Waals surface area contributed by atoms with Gasteiger partial charge in [-0.1, -0.05) is 28.6 Å². The van der Waals surface area contributed by atoms with E-state index in [0.717, 1.165) is 0 Å². The predicted molar refractivity (Wildman–Crippen MR) is 112 cm³/mol. The van der Waals surface area contributed by atoms with Gasteiger partial charge in [0.05, 0.1) is 6.10 Å². The number of amides is 1. The van der Waals surface area contributed by atoms with Crippen molar-refractivity contribution < 1.29 is 28.6 Å². The Balaban J connectivity index is 2.35. The van der Waals surface area contributed by atoms with E-state index in [1.54, 1.807) is 32.0 Å². The average Bonchev–Trinajstić information content (AvgIpc) is 2.91. The van der Waals surface area contributed by atoms with Crippen LogP contribution in [0.4, 0.5) is 5.69 Å². The molecule has 2 aliphatic rings. The Hall–Kier alpha value is -3.07. The van der Waals surface area contributed by atoms with Crippen LogP contribution in [0.15, 0.2) is 58.1 Å². The lowest BCUT2D eigenvalue weighted by Crippen LogP contribution is -2.48. The Labute approximate surface area is 181 Å². The van der Waals surface area contributed by atoms with Gasteiger partial charge in [0.2, 0.25) is 11.8 Å². The first-order valence-electron chi connectivity index (χ1n) is 9.14. The summed E-state index contributed by atoms with van der Waals surface area (Å²) in [7, 11) is 0. The smallest absolute Gasteiger partial charge is 0.341 e. The second-order valence-electron chi connectivity index (χ2n) is 7.01. The van der Waals surface area contributed by atoms with Crippen molar-refractivity contribution in [3.8, 4) is 0 Å². The molecule has 1 aromatic carbocycles. The number of hydrogen-bond donors (Lipinski definition) is 2. The zero-order valence-electron chi connectivity index (χ0n) is 16.7. The fourth-order valence-corrected chi connectivity index (χ4v) is 4.00. The number of fused-ring (bicyclic) bond motifs is 2. The molecule has 2 aliphatic heterocycles. The van der Waals surface area contributed by atoms with Crippen molar-refractivity contribution in [1.82, 2.24) is 0 Å². The average molecular weight is 477 g/mol. The van der Waals surface area contributed by atoms with Crippen LogP contribution < -0.4 is 11.1 Å². The van der Waals surface area contributed by atoms with E-state index in [0.29, 0.717) is 15.7 Å². The summed E-state index contributed by atoms with van der Waals surface area (Å²) in [4.78, 5) is 39.6. The highest BCUT2D eigenvalue weighted by atomic mass is 79.9. The van der Waals surface area contributed by atoms with Crippen LogP contribution in [0.3, 0.4) is 0 Å². The topological polar surface area (TPSA) is 117 Å². The van der Waals surface area contributed by atoms with Crippen molar-refractivity contribution in [2.75, 3.05) is 11.9 Å². The molecule has 1 atom stereocenters. The number of hydrogen-bond acceptors (Lipinski definition) is 7. The predicted octanol–water partition coefficient (Wildman–Crippen LogP) is 2.79. The van der Waals surface area contributed by atoms with Gasteiger partial charge in [0, 0.05) is 15.7 Å². The standard InChI is InChI=1S/C21H21BrN2O6/c1-5-8-28-18(25)16-17(23)30-11(4)15(19(26)29-10(2)3)21(16)13-9-12(22)6-7-14(13)24-20(21)27/h5-7,9-10H,1,8,23H2,2-4H3,(H,24,27)/t21-/m0/s1. The SMILES string of the molecule is C=CCOC(=O)C1=C(N)OC(C)=C(C(=O)OC(C)C)[C@]12C(=O)Nc1ccc(Br)cc12. The highest BCUT2D eigenvalue weighted by Gasteiger charge is 2.62. The highest BCUT2D eigenvalue weighted by Crippen LogP contribution is 2.53. The molecule has 0 unspecified atom stereocenters. The molecule has 158 valence electrons. The number of halogens is 1. The van der Waals surface area contributed by atoms with E-state index < -0.39 is 29.4 Å². The van der Waals surface area contributed by atoms with Crippen LogP contribution >= 0.6 is 15.9 Å². The van der Waals surface area contributed by atoms with Crippen LogP contribution in [0.5, 0.6) is 0 Å². The fraction of sp³-hybridized carbons (Fsp3) is 0.286. The van der Waals surface area contributed by atoms with E-state index in [1.807, 2.05) is 0 Å². The Bertz CT molecular complexity index is 1030. The Morgan fingerprint density at radius 2 is 2.03 bits per heavy atom. The summed E-state index contributed by atoms with van der Waals surface area (Å²) in [5, 5.41) is 2.73. The number of esters is 2. The lowest BCUT2D eigenvalue weighted by Gasteiger charge is -2.35. The molecule has 0 saturated carbocycles. The molecule has 3 rings (SSSR count). The van der Waals surface area contributed by atoms with Crippen molar-refractivity contribution in [2.24, 2.45) is 5.73 Å². The number of carbonyl (C=O) groups excluding carboxylic acids is 3. The van der Waals surface area contributed by atoms with Gasteiger partial charge in [-0.3, -0.25) is 4.79 Å². The first-order valence-corrected chi connectivity index (χ1v) is 9.93. The lowest BCUT2D eigenvalue weighted by molar-refractivity contribution is -0.145. The molecule has 30 heavy (non-hydrogen) atoms. The van der Waals surface area contributed by atoms with E-state index in [-0.39, 0.29) is 29.4 Å². The highest BCUT2D eigenvalue weighted by molar-refractivity contribution is 9.10. The van der Waals surface area contributed by atoms with Crippen LogP contribution in [-0.4, -0.2) is 30.6 Å². The third-order valence-electron chi connectivity index (χ3n) is 4.67. The maximum atomic E-state index is 13.5. The number of benzene rings is 1. The van der Waals surface area contributed by atoms with Gasteiger partial charge in [0.25, 0.3) is 0 Å². The Kier molecular flexibility index (Phi) is 5.76. The van der Waals surface area contributed by atoms with E-state index in [4.69, 9.17) is 19.9 Å². The molecule has 1 aromatic rings. The molecular formula is C21H21BrN2O6. The van der Waals surface area contributed by atoms with Crippen molar-refractivity contribution in [3.05, 3.63) is 63.7 Å². The Morgan fingerprint density at radius 1 is 1.33 bits per heavy atom. The molecule has 8 nitrogen and oxygen atoms in total. The number of anilines is 1. The van der Waals surface area contributed by atoms with Crippen molar-refractivity contribution in [2.45, 2.75) is 32.3 Å². The monoisotopic (exact) mass is 476 g/mol. The van der Waals surface area contributed by atoms with Gasteiger partial charge in [-0.15, -0.1) is 0 Å². The second-order valence-corrected chi connectivity index (χ2v) is 7.92. The van der Waals surface area contributed by atoms with Gasteiger partial charge < -0.3 is 25.3 Å². The molecule has 0 saturated heterocycles. The van der Waals surface area contributed by atoms with Gasteiger partial charge in [0.1, 0.15) is 28.9 Å². The van der Waals surface area contributed by atoms with Crippen LogP contribution in [0.1, 0.15) is 26.3 Å². The number of nitrogens with two attached hydrogens (primary N) is 1. The summed E-state index contributed by atoms with van der Waals surface area (Å²) in [5.41, 5.74) is 4.53. The molecule has 0 fully saturated rings. The van der Waals surface area contributed by atoms with Crippen molar-refractivity contribution >= 4 is 39.5 Å². The summed E-state index contributed by atoms with van der Waals surface area (Å²) in [5.74, 6) is -2.61. The number of rotatable bonds is 5. The quantitative estimate of drug-likeness (QED) is 0.495. The number of nitrogens with one attached hydrogen (secondary N) is 1. The summed E-state index contributed by atoms with van der Waals surface area (Å²) >= 11 is 3.38. The lowest BCUT2D eigenvalue weighted by atomic mass is 9.67. The van der Waals surface area contributed by atoms with E-state index in [2.05, 4.69) is 27.8 Å². The molecule has 0 aliphatic carbocycles. The van der Waals surface area contributed by atoms with Gasteiger partial charge >= 0.3 is 11.9 Å². The minimum atomic E-state index is -1.89. The normalized spacial score (nSPS) is 20.1. The zero-order valence-corrected chi connectivity index (χ0v) is 18.3. The Morgan fingerprint density at radius 3 is 2.67 bits per heavy atom.